The Hall–Kier alpha value is -3.52. The molecule has 0 aliphatic heterocycles. The first-order valence-corrected chi connectivity index (χ1v) is 15.9. The van der Waals surface area contributed by atoms with Crippen LogP contribution in [0.5, 0.6) is 0 Å². The van der Waals surface area contributed by atoms with Crippen LogP contribution >= 0.6 is 0 Å². The van der Waals surface area contributed by atoms with Crippen molar-refractivity contribution < 1.29 is 0 Å². The van der Waals surface area contributed by atoms with E-state index < -0.39 is 0 Å². The number of unbranched alkanes of at least 4 members (excludes halogenated alkanes) is 2. The lowest BCUT2D eigenvalue weighted by Gasteiger charge is -2.22. The molecule has 2 nitrogen and oxygen atoms in total. The molecule has 3 atom stereocenters. The van der Waals surface area contributed by atoms with Crippen molar-refractivity contribution in [2.45, 2.75) is 96.3 Å². The highest BCUT2D eigenvalue weighted by molar-refractivity contribution is 5.44. The van der Waals surface area contributed by atoms with Crippen LogP contribution in [0.1, 0.15) is 123 Å². The van der Waals surface area contributed by atoms with Gasteiger partial charge in [-0.05, 0) is 89.2 Å². The van der Waals surface area contributed by atoms with Gasteiger partial charge in [0.05, 0.1) is 0 Å². The molecular formula is C39H50N2. The standard InChI is InChI=1S/C39H50N2/c1-4-7-10-38(33-20-24-36(40)25-21-33)31-14-12-29(13-15-31)28-35(9-6-3)30-16-18-32(19-17-30)39(11-8-5-2)34-22-26-37(41)27-23-34/h12-27,35,38-39H,4-11,28,40-41H2,1-3H3. The fraction of sp³-hybridized carbons (Fsp3) is 0.385. The van der Waals surface area contributed by atoms with Crippen molar-refractivity contribution in [1.82, 2.24) is 0 Å². The Kier molecular flexibility index (Phi) is 11.5. The minimum absolute atomic E-state index is 0.420. The zero-order valence-electron chi connectivity index (χ0n) is 25.5. The van der Waals surface area contributed by atoms with Gasteiger partial charge in [-0.1, -0.05) is 126 Å². The topological polar surface area (TPSA) is 52.0 Å². The largest absolute Gasteiger partial charge is 0.399 e. The summed E-state index contributed by atoms with van der Waals surface area (Å²) in [6.45, 7) is 6.85. The molecule has 0 amide bonds. The second-order valence-corrected chi connectivity index (χ2v) is 11.8. The summed E-state index contributed by atoms with van der Waals surface area (Å²) in [7, 11) is 0. The molecule has 3 unspecified atom stereocenters. The van der Waals surface area contributed by atoms with Crippen LogP contribution in [0, 0.1) is 0 Å². The van der Waals surface area contributed by atoms with Gasteiger partial charge < -0.3 is 11.5 Å². The van der Waals surface area contributed by atoms with E-state index in [4.69, 9.17) is 11.5 Å². The highest BCUT2D eigenvalue weighted by atomic mass is 14.5. The Balaban J connectivity index is 1.51. The number of nitrogen functional groups attached to an aromatic ring is 2. The first-order chi connectivity index (χ1) is 20.0. The molecule has 4 N–H and O–H groups in total. The third kappa shape index (κ3) is 8.49. The van der Waals surface area contributed by atoms with Gasteiger partial charge in [0.15, 0.2) is 0 Å². The highest BCUT2D eigenvalue weighted by Gasteiger charge is 2.18. The molecule has 0 aromatic heterocycles. The molecule has 216 valence electrons. The van der Waals surface area contributed by atoms with Crippen LogP contribution in [0.3, 0.4) is 0 Å². The average molecular weight is 547 g/mol. The maximum Gasteiger partial charge on any atom is 0.0314 e. The number of rotatable bonds is 15. The monoisotopic (exact) mass is 546 g/mol. The molecule has 0 aliphatic rings. The van der Waals surface area contributed by atoms with Crippen molar-refractivity contribution in [2.24, 2.45) is 0 Å². The maximum absolute atomic E-state index is 5.98. The molecule has 0 saturated carbocycles. The lowest BCUT2D eigenvalue weighted by molar-refractivity contribution is 0.608. The van der Waals surface area contributed by atoms with Gasteiger partial charge in [0.25, 0.3) is 0 Å². The van der Waals surface area contributed by atoms with Gasteiger partial charge in [-0.3, -0.25) is 0 Å². The van der Waals surface area contributed by atoms with Gasteiger partial charge in [0, 0.05) is 23.2 Å². The third-order valence-electron chi connectivity index (χ3n) is 8.68. The van der Waals surface area contributed by atoms with E-state index >= 15 is 0 Å². The van der Waals surface area contributed by atoms with Crippen molar-refractivity contribution in [3.05, 3.63) is 130 Å². The Morgan fingerprint density at radius 1 is 0.439 bits per heavy atom. The van der Waals surface area contributed by atoms with E-state index in [1.54, 1.807) is 0 Å². The van der Waals surface area contributed by atoms with Gasteiger partial charge in [0.1, 0.15) is 0 Å². The van der Waals surface area contributed by atoms with Crippen molar-refractivity contribution in [3.63, 3.8) is 0 Å². The van der Waals surface area contributed by atoms with Gasteiger partial charge in [-0.25, -0.2) is 0 Å². The molecule has 4 aromatic carbocycles. The summed E-state index contributed by atoms with van der Waals surface area (Å²) in [6, 6.07) is 35.9. The number of hydrogen-bond acceptors (Lipinski definition) is 2. The van der Waals surface area contributed by atoms with Crippen molar-refractivity contribution >= 4 is 11.4 Å². The molecule has 0 spiro atoms. The molecule has 41 heavy (non-hydrogen) atoms. The summed E-state index contributed by atoms with van der Waals surface area (Å²) in [5.41, 5.74) is 22.0. The number of anilines is 2. The van der Waals surface area contributed by atoms with Crippen LogP contribution in [0.4, 0.5) is 11.4 Å². The molecule has 4 rings (SSSR count). The second-order valence-electron chi connectivity index (χ2n) is 11.8. The molecule has 0 aliphatic carbocycles. The van der Waals surface area contributed by atoms with Gasteiger partial charge in [-0.2, -0.15) is 0 Å². The van der Waals surface area contributed by atoms with E-state index in [1.807, 2.05) is 24.3 Å². The Bertz CT molecular complexity index is 1290. The first-order valence-electron chi connectivity index (χ1n) is 15.9. The molecule has 0 bridgehead atoms. The highest BCUT2D eigenvalue weighted by Crippen LogP contribution is 2.34. The fourth-order valence-electron chi connectivity index (χ4n) is 6.23. The quantitative estimate of drug-likeness (QED) is 0.146. The lowest BCUT2D eigenvalue weighted by atomic mass is 9.83. The van der Waals surface area contributed by atoms with E-state index in [0.29, 0.717) is 17.8 Å². The van der Waals surface area contributed by atoms with E-state index in [1.165, 1.54) is 84.7 Å². The number of hydrogen-bond donors (Lipinski definition) is 2. The summed E-state index contributed by atoms with van der Waals surface area (Å²) in [6.07, 6.45) is 10.7. The molecule has 4 aromatic rings. The first kappa shape index (κ1) is 30.4. The Labute approximate surface area is 249 Å². The van der Waals surface area contributed by atoms with E-state index in [0.717, 1.165) is 17.8 Å². The number of nitrogens with two attached hydrogens (primary N) is 2. The second kappa shape index (κ2) is 15.5. The normalized spacial score (nSPS) is 13.5. The SMILES string of the molecule is CCCCC(c1ccc(N)cc1)c1ccc(CC(CCC)c2ccc(C(CCCC)c3ccc(N)cc3)cc2)cc1. The van der Waals surface area contributed by atoms with Crippen LogP contribution < -0.4 is 11.5 Å². The zero-order valence-corrected chi connectivity index (χ0v) is 25.5. The predicted molar refractivity (Wildman–Crippen MR) is 179 cm³/mol. The van der Waals surface area contributed by atoms with Crippen LogP contribution in [-0.2, 0) is 6.42 Å². The van der Waals surface area contributed by atoms with Gasteiger partial charge >= 0.3 is 0 Å². The summed E-state index contributed by atoms with van der Waals surface area (Å²) in [5.74, 6) is 1.37. The van der Waals surface area contributed by atoms with Crippen LogP contribution in [0.2, 0.25) is 0 Å². The summed E-state index contributed by atoms with van der Waals surface area (Å²) in [5, 5.41) is 0. The van der Waals surface area contributed by atoms with E-state index in [9.17, 15) is 0 Å². The van der Waals surface area contributed by atoms with E-state index in [2.05, 4.69) is 93.6 Å². The minimum Gasteiger partial charge on any atom is -0.399 e. The van der Waals surface area contributed by atoms with E-state index in [-0.39, 0.29) is 0 Å². The zero-order chi connectivity index (χ0) is 29.0. The molecule has 0 saturated heterocycles. The Morgan fingerprint density at radius 3 is 1.20 bits per heavy atom. The van der Waals surface area contributed by atoms with Gasteiger partial charge in [0.2, 0.25) is 0 Å². The molecule has 0 fully saturated rings. The maximum atomic E-state index is 5.98. The smallest absolute Gasteiger partial charge is 0.0314 e. The third-order valence-corrected chi connectivity index (χ3v) is 8.68. The van der Waals surface area contributed by atoms with Crippen LogP contribution in [0.25, 0.3) is 0 Å². The van der Waals surface area contributed by atoms with Crippen molar-refractivity contribution in [1.29, 1.82) is 0 Å². The fourth-order valence-corrected chi connectivity index (χ4v) is 6.23. The summed E-state index contributed by atoms with van der Waals surface area (Å²) in [4.78, 5) is 0. The molecule has 0 radical (unpaired) electrons. The number of benzene rings is 4. The van der Waals surface area contributed by atoms with Crippen molar-refractivity contribution in [2.75, 3.05) is 11.5 Å². The summed E-state index contributed by atoms with van der Waals surface area (Å²) < 4.78 is 0. The lowest BCUT2D eigenvalue weighted by Crippen LogP contribution is -2.06. The molecule has 2 heteroatoms. The average Bonchev–Trinajstić information content (AvgIpc) is 3.00. The van der Waals surface area contributed by atoms with Crippen molar-refractivity contribution in [3.8, 4) is 0 Å². The predicted octanol–water partition coefficient (Wildman–Crippen LogP) is 10.6. The molecule has 0 heterocycles. The van der Waals surface area contributed by atoms with Crippen LogP contribution in [-0.4, -0.2) is 0 Å². The Morgan fingerprint density at radius 2 is 0.805 bits per heavy atom. The van der Waals surface area contributed by atoms with Crippen LogP contribution in [0.15, 0.2) is 97.1 Å². The molecular weight excluding hydrogens is 496 g/mol. The summed E-state index contributed by atoms with van der Waals surface area (Å²) >= 11 is 0. The van der Waals surface area contributed by atoms with Gasteiger partial charge in [-0.15, -0.1) is 0 Å². The minimum atomic E-state index is 0.420.